The molecule has 0 bridgehead atoms. The van der Waals surface area contributed by atoms with Crippen LogP contribution in [0.2, 0.25) is 0 Å². The third-order valence-corrected chi connectivity index (χ3v) is 4.99. The summed E-state index contributed by atoms with van der Waals surface area (Å²) in [6.07, 6.45) is 0. The standard InChI is InChI=1S/C23H20N2O4/c1-14-10-18(15(2)29-14)12-24-21(26)17-7-5-6-16(11-17)13-25-22(27)19-8-3-4-9-20(19)23(25)28/h3-11H,12-13H2,1-2H3,(H,24,26). The number of aryl methyl sites for hydroxylation is 2. The molecule has 6 nitrogen and oxygen atoms in total. The molecule has 6 heteroatoms. The maximum absolute atomic E-state index is 12.5. The van der Waals surface area contributed by atoms with E-state index in [9.17, 15) is 14.4 Å². The Labute approximate surface area is 168 Å². The van der Waals surface area contributed by atoms with Gasteiger partial charge in [0.2, 0.25) is 0 Å². The number of fused-ring (bicyclic) bond motifs is 1. The lowest BCUT2D eigenvalue weighted by Gasteiger charge is -2.14. The second-order valence-electron chi connectivity index (χ2n) is 7.06. The van der Waals surface area contributed by atoms with Crippen molar-refractivity contribution < 1.29 is 18.8 Å². The molecule has 1 N–H and O–H groups in total. The third-order valence-electron chi connectivity index (χ3n) is 4.99. The molecule has 2 heterocycles. The van der Waals surface area contributed by atoms with E-state index in [1.54, 1.807) is 48.5 Å². The zero-order valence-corrected chi connectivity index (χ0v) is 16.2. The number of furan rings is 1. The summed E-state index contributed by atoms with van der Waals surface area (Å²) in [6, 6.07) is 15.6. The summed E-state index contributed by atoms with van der Waals surface area (Å²) in [4.78, 5) is 38.8. The number of nitrogens with one attached hydrogen (secondary N) is 1. The molecule has 1 aliphatic heterocycles. The number of nitrogens with zero attached hydrogens (tertiary/aromatic N) is 1. The van der Waals surface area contributed by atoms with Crippen LogP contribution in [-0.4, -0.2) is 22.6 Å². The first-order chi connectivity index (χ1) is 13.9. The van der Waals surface area contributed by atoms with Crippen LogP contribution in [0.4, 0.5) is 0 Å². The molecule has 29 heavy (non-hydrogen) atoms. The van der Waals surface area contributed by atoms with E-state index < -0.39 is 0 Å². The van der Waals surface area contributed by atoms with Gasteiger partial charge in [-0.1, -0.05) is 24.3 Å². The van der Waals surface area contributed by atoms with Gasteiger partial charge in [-0.05, 0) is 49.7 Å². The number of imide groups is 1. The minimum absolute atomic E-state index is 0.119. The highest BCUT2D eigenvalue weighted by Gasteiger charge is 2.34. The summed E-state index contributed by atoms with van der Waals surface area (Å²) in [5, 5.41) is 2.88. The second kappa shape index (κ2) is 7.39. The molecular formula is C23H20N2O4. The fraction of sp³-hybridized carbons (Fsp3) is 0.174. The molecule has 1 aromatic heterocycles. The highest BCUT2D eigenvalue weighted by molar-refractivity contribution is 6.21. The van der Waals surface area contributed by atoms with Crippen LogP contribution < -0.4 is 5.32 Å². The van der Waals surface area contributed by atoms with Gasteiger partial charge in [0.1, 0.15) is 11.5 Å². The molecule has 0 saturated carbocycles. The van der Waals surface area contributed by atoms with Gasteiger partial charge in [-0.3, -0.25) is 19.3 Å². The van der Waals surface area contributed by atoms with Crippen LogP contribution in [-0.2, 0) is 13.1 Å². The molecule has 3 aromatic rings. The van der Waals surface area contributed by atoms with Crippen molar-refractivity contribution in [2.45, 2.75) is 26.9 Å². The summed E-state index contributed by atoms with van der Waals surface area (Å²) < 4.78 is 5.47. The first-order valence-corrected chi connectivity index (χ1v) is 9.32. The first-order valence-electron chi connectivity index (χ1n) is 9.32. The number of benzene rings is 2. The van der Waals surface area contributed by atoms with Gasteiger partial charge >= 0.3 is 0 Å². The molecule has 1 aliphatic rings. The lowest BCUT2D eigenvalue weighted by Crippen LogP contribution is -2.29. The minimum Gasteiger partial charge on any atom is -0.466 e. The van der Waals surface area contributed by atoms with Crippen molar-refractivity contribution in [3.05, 3.63) is 93.9 Å². The Morgan fingerprint density at radius 2 is 1.66 bits per heavy atom. The van der Waals surface area contributed by atoms with Crippen LogP contribution in [0.15, 0.2) is 59.0 Å². The number of carbonyl (C=O) groups is 3. The molecule has 146 valence electrons. The van der Waals surface area contributed by atoms with Gasteiger partial charge in [-0.2, -0.15) is 0 Å². The van der Waals surface area contributed by atoms with Gasteiger partial charge in [0.25, 0.3) is 17.7 Å². The van der Waals surface area contributed by atoms with Gasteiger partial charge in [0.05, 0.1) is 17.7 Å². The smallest absolute Gasteiger partial charge is 0.261 e. The molecule has 0 aliphatic carbocycles. The SMILES string of the molecule is Cc1cc(CNC(=O)c2cccc(CN3C(=O)c4ccccc4C3=O)c2)c(C)o1. The molecule has 0 unspecified atom stereocenters. The number of amides is 3. The number of rotatable bonds is 5. The number of hydrogen-bond donors (Lipinski definition) is 1. The molecule has 3 amide bonds. The Morgan fingerprint density at radius 3 is 2.28 bits per heavy atom. The van der Waals surface area contributed by atoms with Crippen molar-refractivity contribution in [3.63, 3.8) is 0 Å². The average Bonchev–Trinajstić information content (AvgIpc) is 3.17. The molecule has 0 spiro atoms. The number of hydrogen-bond acceptors (Lipinski definition) is 4. The highest BCUT2D eigenvalue weighted by atomic mass is 16.3. The Hall–Kier alpha value is -3.67. The van der Waals surface area contributed by atoms with E-state index >= 15 is 0 Å². The maximum atomic E-state index is 12.5. The summed E-state index contributed by atoms with van der Waals surface area (Å²) in [6.45, 7) is 4.20. The highest BCUT2D eigenvalue weighted by Crippen LogP contribution is 2.24. The largest absolute Gasteiger partial charge is 0.466 e. The molecule has 0 radical (unpaired) electrons. The fourth-order valence-electron chi connectivity index (χ4n) is 3.51. The molecule has 2 aromatic carbocycles. The monoisotopic (exact) mass is 388 g/mol. The summed E-state index contributed by atoms with van der Waals surface area (Å²) in [5.41, 5.74) is 2.94. The molecule has 0 atom stereocenters. The van der Waals surface area contributed by atoms with Gasteiger partial charge in [0, 0.05) is 17.7 Å². The van der Waals surface area contributed by atoms with E-state index in [4.69, 9.17) is 4.42 Å². The van der Waals surface area contributed by atoms with Crippen LogP contribution >= 0.6 is 0 Å². The van der Waals surface area contributed by atoms with E-state index in [-0.39, 0.29) is 24.3 Å². The molecule has 4 rings (SSSR count). The van der Waals surface area contributed by atoms with Crippen LogP contribution in [0.1, 0.15) is 53.7 Å². The average molecular weight is 388 g/mol. The molecule has 0 saturated heterocycles. The minimum atomic E-state index is -0.314. The van der Waals surface area contributed by atoms with Gasteiger partial charge in [-0.15, -0.1) is 0 Å². The predicted octanol–water partition coefficient (Wildman–Crippen LogP) is 3.62. The van der Waals surface area contributed by atoms with Crippen LogP contribution in [0.3, 0.4) is 0 Å². The van der Waals surface area contributed by atoms with Crippen LogP contribution in [0.5, 0.6) is 0 Å². The zero-order chi connectivity index (χ0) is 20.5. The molecule has 0 fully saturated rings. The fourth-order valence-corrected chi connectivity index (χ4v) is 3.51. The molecular weight excluding hydrogens is 368 g/mol. The van der Waals surface area contributed by atoms with E-state index in [1.807, 2.05) is 19.9 Å². The lowest BCUT2D eigenvalue weighted by molar-refractivity contribution is 0.0642. The predicted molar refractivity (Wildman–Crippen MR) is 106 cm³/mol. The second-order valence-corrected chi connectivity index (χ2v) is 7.06. The summed E-state index contributed by atoms with van der Waals surface area (Å²) in [5.74, 6) is 0.724. The van der Waals surface area contributed by atoms with Gasteiger partial charge in [-0.25, -0.2) is 0 Å². The van der Waals surface area contributed by atoms with E-state index in [1.165, 1.54) is 4.90 Å². The van der Waals surface area contributed by atoms with Crippen molar-refractivity contribution in [3.8, 4) is 0 Å². The van der Waals surface area contributed by atoms with Crippen LogP contribution in [0.25, 0.3) is 0 Å². The van der Waals surface area contributed by atoms with Crippen molar-refractivity contribution in [2.75, 3.05) is 0 Å². The van der Waals surface area contributed by atoms with Crippen molar-refractivity contribution in [1.82, 2.24) is 10.2 Å². The van der Waals surface area contributed by atoms with Crippen LogP contribution in [0, 0.1) is 13.8 Å². The Bertz CT molecular complexity index is 1090. The normalized spacial score (nSPS) is 13.0. The van der Waals surface area contributed by atoms with Crippen molar-refractivity contribution in [2.24, 2.45) is 0 Å². The summed E-state index contributed by atoms with van der Waals surface area (Å²) in [7, 11) is 0. The van der Waals surface area contributed by atoms with E-state index in [0.29, 0.717) is 28.8 Å². The Balaban J connectivity index is 1.46. The van der Waals surface area contributed by atoms with E-state index in [0.717, 1.165) is 17.1 Å². The first kappa shape index (κ1) is 18.7. The quantitative estimate of drug-likeness (QED) is 0.677. The van der Waals surface area contributed by atoms with Gasteiger partial charge in [0.15, 0.2) is 0 Å². The summed E-state index contributed by atoms with van der Waals surface area (Å²) >= 11 is 0. The topological polar surface area (TPSA) is 79.6 Å². The third kappa shape index (κ3) is 3.57. The Kier molecular flexibility index (Phi) is 4.76. The maximum Gasteiger partial charge on any atom is 0.261 e. The van der Waals surface area contributed by atoms with Crippen molar-refractivity contribution in [1.29, 1.82) is 0 Å². The number of carbonyl (C=O) groups excluding carboxylic acids is 3. The van der Waals surface area contributed by atoms with Crippen molar-refractivity contribution >= 4 is 17.7 Å². The zero-order valence-electron chi connectivity index (χ0n) is 16.2. The van der Waals surface area contributed by atoms with E-state index in [2.05, 4.69) is 5.32 Å². The van der Waals surface area contributed by atoms with Gasteiger partial charge < -0.3 is 9.73 Å². The Morgan fingerprint density at radius 1 is 0.966 bits per heavy atom. The lowest BCUT2D eigenvalue weighted by atomic mass is 10.1.